The summed E-state index contributed by atoms with van der Waals surface area (Å²) in [7, 11) is 0. The quantitative estimate of drug-likeness (QED) is 0.416. The first-order valence-electron chi connectivity index (χ1n) is 13.4. The summed E-state index contributed by atoms with van der Waals surface area (Å²) in [4.78, 5) is 35.3. The number of piperidine rings is 2. The van der Waals surface area contributed by atoms with Crippen LogP contribution in [-0.2, 0) is 22.6 Å². The Balaban J connectivity index is 1.20. The zero-order valence-electron chi connectivity index (χ0n) is 21.5. The van der Waals surface area contributed by atoms with E-state index in [4.69, 9.17) is 16.3 Å². The van der Waals surface area contributed by atoms with Crippen LogP contribution >= 0.6 is 11.6 Å². The number of nitrogens with zero attached hydrogens (tertiary/aromatic N) is 5. The minimum Gasteiger partial charge on any atom is -0.380 e. The first-order valence-corrected chi connectivity index (χ1v) is 13.8. The van der Waals surface area contributed by atoms with Gasteiger partial charge in [-0.15, -0.1) is 0 Å². The Hall–Kier alpha value is -2.68. The van der Waals surface area contributed by atoms with E-state index in [2.05, 4.69) is 22.0 Å². The number of hydrogen-bond donors (Lipinski definition) is 0. The predicted molar refractivity (Wildman–Crippen MR) is 145 cm³/mol. The van der Waals surface area contributed by atoms with Gasteiger partial charge in [0.05, 0.1) is 24.2 Å². The van der Waals surface area contributed by atoms with Gasteiger partial charge < -0.3 is 9.64 Å². The van der Waals surface area contributed by atoms with Crippen molar-refractivity contribution < 1.29 is 9.53 Å². The molecule has 4 heterocycles. The molecule has 2 aromatic heterocycles. The van der Waals surface area contributed by atoms with E-state index in [0.717, 1.165) is 56.4 Å². The fraction of sp³-hybridized carbons (Fsp3) is 0.536. The number of carbonyl (C=O) groups is 1. The molecule has 1 amide bonds. The lowest BCUT2D eigenvalue weighted by atomic mass is 9.93. The molecule has 0 atom stereocenters. The van der Waals surface area contributed by atoms with Crippen LogP contribution in [0.3, 0.4) is 0 Å². The summed E-state index contributed by atoms with van der Waals surface area (Å²) in [5.74, 6) is 0.371. The molecule has 0 aliphatic carbocycles. The van der Waals surface area contributed by atoms with Gasteiger partial charge in [-0.2, -0.15) is 0 Å². The average Bonchev–Trinajstić information content (AvgIpc) is 3.20. The van der Waals surface area contributed by atoms with Crippen molar-refractivity contribution in [3.05, 3.63) is 63.8 Å². The van der Waals surface area contributed by atoms with Crippen molar-refractivity contribution in [3.8, 4) is 0 Å². The summed E-state index contributed by atoms with van der Waals surface area (Å²) in [5, 5.41) is 0.613. The number of pyridine rings is 1. The molecule has 0 unspecified atom stereocenters. The lowest BCUT2D eigenvalue weighted by molar-refractivity contribution is -0.138. The van der Waals surface area contributed by atoms with Crippen molar-refractivity contribution in [1.29, 1.82) is 0 Å². The first-order chi connectivity index (χ1) is 18.0. The lowest BCUT2D eigenvalue weighted by Crippen LogP contribution is -2.46. The molecule has 2 fully saturated rings. The second-order valence-electron chi connectivity index (χ2n) is 10.1. The first kappa shape index (κ1) is 25.9. The van der Waals surface area contributed by atoms with Gasteiger partial charge in [0.25, 0.3) is 0 Å². The largest absolute Gasteiger partial charge is 0.380 e. The molecule has 0 spiro atoms. The van der Waals surface area contributed by atoms with Crippen LogP contribution in [0.25, 0.3) is 11.0 Å². The highest BCUT2D eigenvalue weighted by Gasteiger charge is 2.32. The van der Waals surface area contributed by atoms with Crippen molar-refractivity contribution in [2.75, 3.05) is 39.4 Å². The van der Waals surface area contributed by atoms with Gasteiger partial charge in [0.2, 0.25) is 5.91 Å². The summed E-state index contributed by atoms with van der Waals surface area (Å²) in [5.41, 5.74) is 2.98. The van der Waals surface area contributed by atoms with E-state index in [1.165, 1.54) is 5.56 Å². The Kier molecular flexibility index (Phi) is 8.27. The van der Waals surface area contributed by atoms with Crippen LogP contribution in [0, 0.1) is 5.92 Å². The molecular formula is C28H36ClN5O3. The van der Waals surface area contributed by atoms with Gasteiger partial charge >= 0.3 is 5.69 Å². The molecule has 5 rings (SSSR count). The van der Waals surface area contributed by atoms with Crippen LogP contribution in [0.4, 0.5) is 0 Å². The fourth-order valence-corrected chi connectivity index (χ4v) is 5.98. The maximum atomic E-state index is 13.5. The number of halogens is 1. The molecule has 0 saturated carbocycles. The van der Waals surface area contributed by atoms with E-state index in [9.17, 15) is 9.59 Å². The number of rotatable bonds is 8. The van der Waals surface area contributed by atoms with Gasteiger partial charge in [0.1, 0.15) is 0 Å². The lowest BCUT2D eigenvalue weighted by Gasteiger charge is -2.37. The van der Waals surface area contributed by atoms with E-state index in [1.807, 2.05) is 47.0 Å². The highest BCUT2D eigenvalue weighted by molar-refractivity contribution is 6.31. The van der Waals surface area contributed by atoms with Gasteiger partial charge in [-0.1, -0.05) is 11.6 Å². The monoisotopic (exact) mass is 525 g/mol. The summed E-state index contributed by atoms with van der Waals surface area (Å²) in [6.45, 7) is 7.70. The van der Waals surface area contributed by atoms with Crippen LogP contribution in [0.15, 0.2) is 47.5 Å². The van der Waals surface area contributed by atoms with Crippen molar-refractivity contribution in [2.24, 2.45) is 5.92 Å². The van der Waals surface area contributed by atoms with Gasteiger partial charge in [0, 0.05) is 55.6 Å². The second kappa shape index (κ2) is 11.8. The average molecular weight is 526 g/mol. The number of benzene rings is 1. The van der Waals surface area contributed by atoms with Gasteiger partial charge in [-0.05, 0) is 81.6 Å². The van der Waals surface area contributed by atoms with E-state index < -0.39 is 0 Å². The third-order valence-electron chi connectivity index (χ3n) is 7.82. The van der Waals surface area contributed by atoms with Crippen molar-refractivity contribution in [1.82, 2.24) is 23.9 Å². The number of amides is 1. The topological polar surface area (TPSA) is 72.6 Å². The number of imidazole rings is 1. The minimum absolute atomic E-state index is 0.0247. The zero-order valence-corrected chi connectivity index (χ0v) is 22.3. The van der Waals surface area contributed by atoms with Gasteiger partial charge in [-0.3, -0.25) is 23.8 Å². The Morgan fingerprint density at radius 1 is 1.03 bits per heavy atom. The number of ether oxygens (including phenoxy) is 1. The third-order valence-corrected chi connectivity index (χ3v) is 8.06. The molecule has 0 N–H and O–H groups in total. The molecule has 2 aliphatic heterocycles. The van der Waals surface area contributed by atoms with E-state index in [0.29, 0.717) is 37.9 Å². The number of fused-ring (bicyclic) bond motifs is 1. The molecule has 3 aromatic rings. The van der Waals surface area contributed by atoms with Crippen LogP contribution < -0.4 is 5.69 Å². The Morgan fingerprint density at radius 2 is 1.76 bits per heavy atom. The normalized spacial score (nSPS) is 18.1. The third kappa shape index (κ3) is 5.76. The molecule has 9 heteroatoms. The summed E-state index contributed by atoms with van der Waals surface area (Å²) in [6, 6.07) is 9.81. The van der Waals surface area contributed by atoms with E-state index in [1.54, 1.807) is 4.57 Å². The van der Waals surface area contributed by atoms with Crippen LogP contribution in [0.5, 0.6) is 0 Å². The summed E-state index contributed by atoms with van der Waals surface area (Å²) >= 11 is 6.27. The molecule has 2 saturated heterocycles. The van der Waals surface area contributed by atoms with Crippen molar-refractivity contribution >= 4 is 28.5 Å². The molecule has 1 aromatic carbocycles. The molecule has 2 aliphatic rings. The van der Waals surface area contributed by atoms with Crippen LogP contribution in [0.1, 0.15) is 44.2 Å². The number of carbonyl (C=O) groups excluding carboxylic acids is 1. The number of hydrogen-bond acceptors (Lipinski definition) is 5. The smallest absolute Gasteiger partial charge is 0.329 e. The maximum absolute atomic E-state index is 13.5. The Bertz CT molecular complexity index is 1260. The van der Waals surface area contributed by atoms with Gasteiger partial charge in [0.15, 0.2) is 0 Å². The molecule has 198 valence electrons. The molecule has 0 bridgehead atoms. The standard InChI is InChI=1S/C28H36ClN5O3/c1-2-37-18-17-33-26-19-23(29)3-4-25(26)34(28(33)36)24-9-15-32(16-10-24)27(35)22-7-13-31(14-8-22)20-21-5-11-30-12-6-21/h3-6,11-12,19,22,24H,2,7-10,13-18,20H2,1H3. The second-order valence-corrected chi connectivity index (χ2v) is 10.5. The predicted octanol–water partition coefficient (Wildman–Crippen LogP) is 3.96. The minimum atomic E-state index is -0.0247. The van der Waals surface area contributed by atoms with Crippen molar-refractivity contribution in [2.45, 2.75) is 51.7 Å². The Labute approximate surface area is 222 Å². The summed E-state index contributed by atoms with van der Waals surface area (Å²) in [6.07, 6.45) is 7.02. The zero-order chi connectivity index (χ0) is 25.8. The number of aromatic nitrogens is 3. The molecular weight excluding hydrogens is 490 g/mol. The molecule has 8 nitrogen and oxygen atoms in total. The van der Waals surface area contributed by atoms with E-state index >= 15 is 0 Å². The van der Waals surface area contributed by atoms with Crippen LogP contribution in [-0.4, -0.2) is 69.2 Å². The van der Waals surface area contributed by atoms with Crippen LogP contribution in [0.2, 0.25) is 5.02 Å². The maximum Gasteiger partial charge on any atom is 0.329 e. The SMILES string of the molecule is CCOCCn1c(=O)n(C2CCN(C(=O)C3CCN(Cc4ccncc4)CC3)CC2)c2ccc(Cl)cc21. The Morgan fingerprint density at radius 3 is 2.46 bits per heavy atom. The van der Waals surface area contributed by atoms with E-state index in [-0.39, 0.29) is 23.6 Å². The fourth-order valence-electron chi connectivity index (χ4n) is 5.81. The van der Waals surface area contributed by atoms with Crippen molar-refractivity contribution in [3.63, 3.8) is 0 Å². The summed E-state index contributed by atoms with van der Waals surface area (Å²) < 4.78 is 9.19. The highest BCUT2D eigenvalue weighted by atomic mass is 35.5. The highest BCUT2D eigenvalue weighted by Crippen LogP contribution is 2.29. The molecule has 0 radical (unpaired) electrons. The number of likely N-dealkylation sites (tertiary alicyclic amines) is 2. The van der Waals surface area contributed by atoms with Gasteiger partial charge in [-0.25, -0.2) is 4.79 Å². The molecule has 37 heavy (non-hydrogen) atoms.